The number of unbranched alkanes of at least 4 members (excludes halogenated alkanes) is 2. The molecule has 0 aliphatic carbocycles. The number of imidazole rings is 1. The van der Waals surface area contributed by atoms with Crippen LogP contribution < -0.4 is 81.8 Å². The molecule has 0 fully saturated rings. The smallest absolute Gasteiger partial charge is 0.326 e. The Labute approximate surface area is 517 Å². The minimum Gasteiger partial charge on any atom is -0.508 e. The van der Waals surface area contributed by atoms with Gasteiger partial charge in [-0.05, 0) is 114 Å². The number of hydrogen-bond acceptors (Lipinski definition) is 19. The third kappa shape index (κ3) is 31.3. The number of carbonyl (C=O) groups is 12. The van der Waals surface area contributed by atoms with Crippen molar-refractivity contribution in [2.75, 3.05) is 26.2 Å². The second kappa shape index (κ2) is 41.4. The normalized spacial score (nSPS) is 13.9. The van der Waals surface area contributed by atoms with Gasteiger partial charge in [-0.3, -0.25) is 63.6 Å². The number of nitrogens with two attached hydrogens (primary N) is 5. The second-order valence-corrected chi connectivity index (χ2v) is 20.9. The third-order valence-corrected chi connectivity index (χ3v) is 13.6. The molecule has 8 amide bonds. The number of carboxylic acid groups (broad SMARTS) is 4. The van der Waals surface area contributed by atoms with Crippen LogP contribution in [0.5, 0.6) is 5.75 Å². The molecule has 2 aromatic rings. The lowest BCUT2D eigenvalue weighted by Crippen LogP contribution is -2.60. The van der Waals surface area contributed by atoms with Crippen molar-refractivity contribution in [1.29, 1.82) is 10.8 Å². The number of phenols is 1. The number of rotatable bonds is 46. The number of carbonyl (C=O) groups excluding carboxylic acids is 8. The lowest BCUT2D eigenvalue weighted by molar-refractivity contribution is -0.144. The molecule has 0 aliphatic heterocycles. The highest BCUT2D eigenvalue weighted by Crippen LogP contribution is 2.14. The number of benzene rings is 1. The summed E-state index contributed by atoms with van der Waals surface area (Å²) in [5.74, 6) is -14.5. The van der Waals surface area contributed by atoms with Crippen molar-refractivity contribution in [3.8, 4) is 5.75 Å². The minimum absolute atomic E-state index is 0.00549. The first-order valence-electron chi connectivity index (χ1n) is 29.0. The van der Waals surface area contributed by atoms with Gasteiger partial charge in [-0.1, -0.05) is 12.1 Å². The molecule has 90 heavy (non-hydrogen) atoms. The average molecular weight is 1270 g/mol. The van der Waals surface area contributed by atoms with Crippen LogP contribution in [-0.2, 0) is 70.4 Å². The number of carboxylic acids is 4. The van der Waals surface area contributed by atoms with Crippen LogP contribution in [-0.4, -0.2) is 199 Å². The Morgan fingerprint density at radius 1 is 0.456 bits per heavy atom. The molecule has 0 unspecified atom stereocenters. The number of aromatic nitrogens is 2. The monoisotopic (exact) mass is 1270 g/mol. The van der Waals surface area contributed by atoms with Crippen molar-refractivity contribution < 1.29 is 83.1 Å². The first-order chi connectivity index (χ1) is 42.6. The van der Waals surface area contributed by atoms with Crippen LogP contribution in [0.25, 0.3) is 0 Å². The van der Waals surface area contributed by atoms with E-state index in [9.17, 15) is 72.9 Å². The molecular weight excluding hydrogens is 1190 g/mol. The van der Waals surface area contributed by atoms with E-state index in [1.54, 1.807) is 0 Å². The molecule has 0 radical (unpaired) electrons. The fraction of sp³-hybridized carbons (Fsp3) is 0.574. The number of guanidine groups is 2. The number of aromatic hydroxyl groups is 1. The number of aliphatic carboxylic acids is 4. The second-order valence-electron chi connectivity index (χ2n) is 20.9. The molecule has 28 N–H and O–H groups in total. The Bertz CT molecular complexity index is 2720. The molecule has 1 aromatic carbocycles. The molecular formula is C54H87N19O17. The summed E-state index contributed by atoms with van der Waals surface area (Å²) in [5.41, 5.74) is 29.1. The summed E-state index contributed by atoms with van der Waals surface area (Å²) < 4.78 is 0. The van der Waals surface area contributed by atoms with Gasteiger partial charge in [0.15, 0.2) is 11.9 Å². The fourth-order valence-corrected chi connectivity index (χ4v) is 8.67. The Hall–Kier alpha value is -9.71. The van der Waals surface area contributed by atoms with Crippen LogP contribution in [0.4, 0.5) is 0 Å². The Kier molecular flexibility index (Phi) is 35.2. The van der Waals surface area contributed by atoms with E-state index in [2.05, 4.69) is 63.1 Å². The Balaban J connectivity index is 2.60. The zero-order valence-corrected chi connectivity index (χ0v) is 49.7. The molecule has 36 heteroatoms. The van der Waals surface area contributed by atoms with Gasteiger partial charge < -0.3 is 112 Å². The van der Waals surface area contributed by atoms with Crippen molar-refractivity contribution in [3.05, 3.63) is 48.0 Å². The van der Waals surface area contributed by atoms with Gasteiger partial charge in [0.25, 0.3) is 0 Å². The SMILES string of the molecule is N=C(N)NCCC[C@H](NC(=O)[C@H](Cc1c[nH]cn1)NC(=O)[C@H](CCCCN)NC(=O)[C@H](CCCCN)NC(=O)[C@H](CCCNC(=N)N)NC(=O)[C@H](Cc1ccc(O)cc1)NC(=O)[C@@H](N)CCC(=O)O)C(=O)N[C@@H](CCC(=O)O)C(=O)N[C@@H](CCC(=O)O)C(=O)O. The van der Waals surface area contributed by atoms with E-state index in [-0.39, 0.29) is 108 Å². The molecule has 9 atom stereocenters. The molecule has 500 valence electrons. The van der Waals surface area contributed by atoms with E-state index in [1.807, 2.05) is 0 Å². The molecule has 0 spiro atoms. The molecule has 2 rings (SSSR count). The van der Waals surface area contributed by atoms with Crippen LogP contribution in [0.15, 0.2) is 36.8 Å². The van der Waals surface area contributed by atoms with Crippen LogP contribution >= 0.6 is 0 Å². The lowest BCUT2D eigenvalue weighted by atomic mass is 10.0. The van der Waals surface area contributed by atoms with Gasteiger partial charge in [-0.15, -0.1) is 0 Å². The van der Waals surface area contributed by atoms with Crippen LogP contribution in [0.2, 0.25) is 0 Å². The van der Waals surface area contributed by atoms with Gasteiger partial charge in [-0.25, -0.2) is 9.78 Å². The molecule has 0 aliphatic rings. The molecule has 0 saturated carbocycles. The maximum Gasteiger partial charge on any atom is 0.326 e. The number of hydrogen-bond donors (Lipinski definition) is 23. The third-order valence-electron chi connectivity index (χ3n) is 13.6. The first-order valence-corrected chi connectivity index (χ1v) is 29.0. The number of nitrogens with one attached hydrogen (secondary N) is 13. The first kappa shape index (κ1) is 76.4. The fourth-order valence-electron chi connectivity index (χ4n) is 8.67. The summed E-state index contributed by atoms with van der Waals surface area (Å²) in [5, 5.41) is 87.6. The lowest BCUT2D eigenvalue weighted by Gasteiger charge is -2.28. The molecule has 36 nitrogen and oxygen atoms in total. The zero-order chi connectivity index (χ0) is 67.3. The van der Waals surface area contributed by atoms with E-state index >= 15 is 0 Å². The van der Waals surface area contributed by atoms with Crippen molar-refractivity contribution in [3.63, 3.8) is 0 Å². The van der Waals surface area contributed by atoms with Gasteiger partial charge in [0.05, 0.1) is 18.1 Å². The maximum absolute atomic E-state index is 14.6. The summed E-state index contributed by atoms with van der Waals surface area (Å²) in [7, 11) is 0. The Morgan fingerprint density at radius 2 is 0.800 bits per heavy atom. The number of amides is 8. The molecule has 1 aromatic heterocycles. The van der Waals surface area contributed by atoms with E-state index in [0.29, 0.717) is 18.4 Å². The van der Waals surface area contributed by atoms with Gasteiger partial charge in [-0.2, -0.15) is 0 Å². The summed E-state index contributed by atoms with van der Waals surface area (Å²) in [6, 6.07) is -8.33. The minimum atomic E-state index is -1.77. The predicted octanol–water partition coefficient (Wildman–Crippen LogP) is -5.43. The van der Waals surface area contributed by atoms with E-state index < -0.39 is 170 Å². The molecule has 1 heterocycles. The Morgan fingerprint density at radius 3 is 1.18 bits per heavy atom. The van der Waals surface area contributed by atoms with Crippen molar-refractivity contribution in [2.24, 2.45) is 28.7 Å². The largest absolute Gasteiger partial charge is 0.508 e. The van der Waals surface area contributed by atoms with Gasteiger partial charge >= 0.3 is 23.9 Å². The van der Waals surface area contributed by atoms with Crippen molar-refractivity contribution in [1.82, 2.24) is 63.1 Å². The van der Waals surface area contributed by atoms with Crippen molar-refractivity contribution in [2.45, 2.75) is 170 Å². The van der Waals surface area contributed by atoms with Gasteiger partial charge in [0.1, 0.15) is 54.1 Å². The summed E-state index contributed by atoms with van der Waals surface area (Å²) in [6.07, 6.45) is -0.573. The van der Waals surface area contributed by atoms with Crippen LogP contribution in [0, 0.1) is 10.8 Å². The topological polar surface area (TPSA) is 633 Å². The zero-order valence-electron chi connectivity index (χ0n) is 49.7. The quantitative estimate of drug-likeness (QED) is 0.0167. The number of nitrogens with zero attached hydrogens (tertiary/aromatic N) is 1. The molecule has 0 saturated heterocycles. The highest BCUT2D eigenvalue weighted by atomic mass is 16.4. The van der Waals surface area contributed by atoms with Gasteiger partial charge in [0.2, 0.25) is 47.3 Å². The standard InChI is InChI=1S/C54H87N19O17/c55-21-3-1-7-33(66-46(83)35(9-5-23-63-53(58)59)68-50(87)39(25-29-11-13-31(74)14-12-29)72-44(81)32(57)15-18-41(75)76)45(82)67-34(8-2-4-22-56)48(85)73-40(26-30-27-62-28-65-30)51(88)69-36(10-6-24-64-54(60)61)47(84)70-37(16-19-42(77)78)49(86)71-38(52(89)90)17-20-43(79)80/h11-14,27-28,32-40,74H,1-10,15-26,55-57H2,(H,62,65)(H,66,83)(H,67,82)(H,68,87)(H,69,88)(H,70,84)(H,71,86)(H,72,81)(H,73,85)(H,75,76)(H,77,78)(H,79,80)(H,89,90)(H4,58,59,63)(H4,60,61,64)/t32-,33-,34-,35-,36-,37-,38-,39-,40-/m0/s1. The summed E-state index contributed by atoms with van der Waals surface area (Å²) in [4.78, 5) is 166. The summed E-state index contributed by atoms with van der Waals surface area (Å²) >= 11 is 0. The van der Waals surface area contributed by atoms with Crippen LogP contribution in [0.3, 0.4) is 0 Å². The summed E-state index contributed by atoms with van der Waals surface area (Å²) in [6.45, 7) is 0.336. The van der Waals surface area contributed by atoms with E-state index in [0.717, 1.165) is 0 Å². The number of phenolic OH excluding ortho intramolecular Hbond substituents is 1. The van der Waals surface area contributed by atoms with Crippen molar-refractivity contribution >= 4 is 83.1 Å². The van der Waals surface area contributed by atoms with Crippen LogP contribution in [0.1, 0.15) is 114 Å². The number of aromatic amines is 1. The predicted molar refractivity (Wildman–Crippen MR) is 320 cm³/mol. The number of H-pyrrole nitrogens is 1. The maximum atomic E-state index is 14.6. The van der Waals surface area contributed by atoms with E-state index in [4.69, 9.17) is 49.7 Å². The average Bonchev–Trinajstić information content (AvgIpc) is 2.52. The van der Waals surface area contributed by atoms with Gasteiger partial charge in [0, 0.05) is 51.4 Å². The molecule has 0 bridgehead atoms. The highest BCUT2D eigenvalue weighted by Gasteiger charge is 2.36. The van der Waals surface area contributed by atoms with E-state index in [1.165, 1.54) is 36.8 Å². The highest BCUT2D eigenvalue weighted by molar-refractivity contribution is 5.98.